The number of carbonyl (C=O) groups is 2. The third-order valence-electron chi connectivity index (χ3n) is 4.56. The second kappa shape index (κ2) is 8.63. The highest BCUT2D eigenvalue weighted by atomic mass is 32.1. The number of nitrogens with zero attached hydrogens (tertiary/aromatic N) is 2. The number of thiophene rings is 1. The average molecular weight is 388 g/mol. The van der Waals surface area contributed by atoms with Crippen LogP contribution >= 0.6 is 11.3 Å². The maximum atomic E-state index is 13.0. The van der Waals surface area contributed by atoms with Crippen LogP contribution < -0.4 is 5.32 Å². The average Bonchev–Trinajstić information content (AvgIpc) is 3.21. The summed E-state index contributed by atoms with van der Waals surface area (Å²) in [5.74, 6) is -0.304. The Morgan fingerprint density at radius 1 is 1.33 bits per heavy atom. The predicted octanol–water partition coefficient (Wildman–Crippen LogP) is 2.86. The molecule has 0 radical (unpaired) electrons. The summed E-state index contributed by atoms with van der Waals surface area (Å²) >= 11 is 1.36. The minimum atomic E-state index is -0.968. The Balaban J connectivity index is 1.56. The fourth-order valence-electron chi connectivity index (χ4n) is 3.15. The molecule has 0 aromatic carbocycles. The van der Waals surface area contributed by atoms with Crippen LogP contribution in [0.3, 0.4) is 0 Å². The Kier molecular flexibility index (Phi) is 6.23. The van der Waals surface area contributed by atoms with Crippen LogP contribution in [0, 0.1) is 0 Å². The van der Waals surface area contributed by atoms with E-state index in [1.165, 1.54) is 11.3 Å². The van der Waals surface area contributed by atoms with E-state index in [4.69, 9.17) is 4.74 Å². The van der Waals surface area contributed by atoms with Gasteiger partial charge in [-0.15, -0.1) is 11.3 Å². The quantitative estimate of drug-likeness (QED) is 0.827. The Morgan fingerprint density at radius 3 is 2.89 bits per heavy atom. The highest BCUT2D eigenvalue weighted by Gasteiger charge is 2.36. The number of hydrogen-bond acceptors (Lipinski definition) is 5. The Hall–Kier alpha value is -2.25. The highest BCUT2D eigenvalue weighted by Crippen LogP contribution is 2.19. The number of likely N-dealkylation sites (tertiary alicyclic amines) is 1. The fraction of sp³-hybridized carbons (Fsp3) is 0.450. The molecule has 0 aliphatic carbocycles. The van der Waals surface area contributed by atoms with Crippen LogP contribution in [-0.2, 0) is 16.1 Å². The minimum absolute atomic E-state index is 0.0199. The molecule has 1 atom stereocenters. The molecule has 0 unspecified atom stereocenters. The fourth-order valence-corrected chi connectivity index (χ4v) is 3.77. The van der Waals surface area contributed by atoms with Gasteiger partial charge < -0.3 is 15.0 Å². The lowest BCUT2D eigenvalue weighted by atomic mass is 10.00. The Labute approximate surface area is 163 Å². The SMILES string of the molecule is CC(C)(NC(=O)c1cccs1)C(=O)N1CCC[C@H](OCc2ccccn2)C1. The summed E-state index contributed by atoms with van der Waals surface area (Å²) in [6.45, 7) is 5.15. The van der Waals surface area contributed by atoms with Crippen LogP contribution in [0.4, 0.5) is 0 Å². The largest absolute Gasteiger partial charge is 0.370 e. The summed E-state index contributed by atoms with van der Waals surface area (Å²) in [4.78, 5) is 32.0. The van der Waals surface area contributed by atoms with E-state index < -0.39 is 5.54 Å². The van der Waals surface area contributed by atoms with E-state index in [9.17, 15) is 9.59 Å². The molecule has 1 saturated heterocycles. The first-order valence-corrected chi connectivity index (χ1v) is 10.0. The van der Waals surface area contributed by atoms with Crippen molar-refractivity contribution < 1.29 is 14.3 Å². The van der Waals surface area contributed by atoms with Crippen molar-refractivity contribution in [2.45, 2.75) is 44.9 Å². The molecule has 27 heavy (non-hydrogen) atoms. The standard InChI is InChI=1S/C20H25N3O3S/c1-20(2,22-18(24)17-9-6-12-27-17)19(25)23-11-5-8-16(13-23)26-14-15-7-3-4-10-21-15/h3-4,6-7,9-10,12,16H,5,8,11,13-14H2,1-2H3,(H,22,24)/t16-/m0/s1. The number of carbonyl (C=O) groups excluding carboxylic acids is 2. The summed E-state index contributed by atoms with van der Waals surface area (Å²) in [7, 11) is 0. The van der Waals surface area contributed by atoms with Gasteiger partial charge in [0, 0.05) is 19.3 Å². The molecule has 0 saturated carbocycles. The molecule has 3 heterocycles. The summed E-state index contributed by atoms with van der Waals surface area (Å²) in [6, 6.07) is 9.30. The molecule has 6 nitrogen and oxygen atoms in total. The molecule has 0 bridgehead atoms. The molecule has 2 amide bonds. The minimum Gasteiger partial charge on any atom is -0.370 e. The van der Waals surface area contributed by atoms with Crippen molar-refractivity contribution in [3.05, 3.63) is 52.5 Å². The molecule has 2 aromatic heterocycles. The molecule has 1 aliphatic heterocycles. The monoisotopic (exact) mass is 387 g/mol. The van der Waals surface area contributed by atoms with Gasteiger partial charge in [-0.25, -0.2) is 0 Å². The topological polar surface area (TPSA) is 71.5 Å². The van der Waals surface area contributed by atoms with Gasteiger partial charge in [-0.2, -0.15) is 0 Å². The molecule has 1 aliphatic rings. The molecule has 144 valence electrons. The molecule has 1 N–H and O–H groups in total. The van der Waals surface area contributed by atoms with Gasteiger partial charge in [0.15, 0.2) is 0 Å². The van der Waals surface area contributed by atoms with E-state index in [1.54, 1.807) is 31.0 Å². The number of nitrogens with one attached hydrogen (secondary N) is 1. The van der Waals surface area contributed by atoms with E-state index in [1.807, 2.05) is 29.6 Å². The van der Waals surface area contributed by atoms with Crippen LogP contribution in [-0.4, -0.2) is 46.4 Å². The van der Waals surface area contributed by atoms with Gasteiger partial charge in [-0.1, -0.05) is 12.1 Å². The summed E-state index contributed by atoms with van der Waals surface area (Å²) < 4.78 is 5.96. The van der Waals surface area contributed by atoms with Crippen molar-refractivity contribution in [3.8, 4) is 0 Å². The first kappa shape index (κ1) is 19.5. The number of aromatic nitrogens is 1. The van der Waals surface area contributed by atoms with Gasteiger partial charge >= 0.3 is 0 Å². The van der Waals surface area contributed by atoms with Gasteiger partial charge in [0.05, 0.1) is 23.3 Å². The van der Waals surface area contributed by atoms with Crippen LogP contribution in [0.2, 0.25) is 0 Å². The zero-order valence-electron chi connectivity index (χ0n) is 15.7. The summed E-state index contributed by atoms with van der Waals surface area (Å²) in [5.41, 5.74) is -0.0891. The first-order valence-electron chi connectivity index (χ1n) is 9.12. The summed E-state index contributed by atoms with van der Waals surface area (Å²) in [5, 5.41) is 4.70. The van der Waals surface area contributed by atoms with E-state index in [0.717, 1.165) is 18.5 Å². The van der Waals surface area contributed by atoms with Crippen LogP contribution in [0.1, 0.15) is 42.1 Å². The van der Waals surface area contributed by atoms with Crippen LogP contribution in [0.5, 0.6) is 0 Å². The van der Waals surface area contributed by atoms with Crippen molar-refractivity contribution in [2.24, 2.45) is 0 Å². The van der Waals surface area contributed by atoms with Crippen molar-refractivity contribution in [2.75, 3.05) is 13.1 Å². The third-order valence-corrected chi connectivity index (χ3v) is 5.43. The lowest BCUT2D eigenvalue weighted by Gasteiger charge is -2.37. The van der Waals surface area contributed by atoms with Gasteiger partial charge in [-0.3, -0.25) is 14.6 Å². The highest BCUT2D eigenvalue weighted by molar-refractivity contribution is 7.12. The number of ether oxygens (including phenoxy) is 1. The van der Waals surface area contributed by atoms with E-state index in [2.05, 4.69) is 10.3 Å². The molecule has 2 aromatic rings. The zero-order valence-corrected chi connectivity index (χ0v) is 16.5. The lowest BCUT2D eigenvalue weighted by molar-refractivity contribution is -0.141. The van der Waals surface area contributed by atoms with Crippen molar-refractivity contribution in [1.82, 2.24) is 15.2 Å². The van der Waals surface area contributed by atoms with Gasteiger partial charge in [0.25, 0.3) is 5.91 Å². The number of pyridine rings is 1. The van der Waals surface area contributed by atoms with Gasteiger partial charge in [0.2, 0.25) is 5.91 Å². The second-order valence-electron chi connectivity index (χ2n) is 7.20. The van der Waals surface area contributed by atoms with E-state index >= 15 is 0 Å². The second-order valence-corrected chi connectivity index (χ2v) is 8.15. The van der Waals surface area contributed by atoms with E-state index in [-0.39, 0.29) is 17.9 Å². The van der Waals surface area contributed by atoms with Crippen LogP contribution in [0.15, 0.2) is 41.9 Å². The van der Waals surface area contributed by atoms with Crippen molar-refractivity contribution in [3.63, 3.8) is 0 Å². The Morgan fingerprint density at radius 2 is 2.19 bits per heavy atom. The predicted molar refractivity (Wildman–Crippen MR) is 104 cm³/mol. The van der Waals surface area contributed by atoms with Crippen molar-refractivity contribution in [1.29, 1.82) is 0 Å². The summed E-state index contributed by atoms with van der Waals surface area (Å²) in [6.07, 6.45) is 3.52. The number of amides is 2. The molecular formula is C20H25N3O3S. The van der Waals surface area contributed by atoms with Gasteiger partial charge in [-0.05, 0) is 50.3 Å². The van der Waals surface area contributed by atoms with Gasteiger partial charge in [0.1, 0.15) is 5.54 Å². The number of rotatable bonds is 6. The molecule has 0 spiro atoms. The van der Waals surface area contributed by atoms with Crippen molar-refractivity contribution >= 4 is 23.2 Å². The molecular weight excluding hydrogens is 362 g/mol. The maximum absolute atomic E-state index is 13.0. The maximum Gasteiger partial charge on any atom is 0.262 e. The molecule has 3 rings (SSSR count). The first-order chi connectivity index (χ1) is 13.0. The zero-order chi connectivity index (χ0) is 19.3. The molecule has 1 fully saturated rings. The third kappa shape index (κ3) is 5.14. The van der Waals surface area contributed by atoms with E-state index in [0.29, 0.717) is 24.6 Å². The van der Waals surface area contributed by atoms with Crippen LogP contribution in [0.25, 0.3) is 0 Å². The number of piperidine rings is 1. The smallest absolute Gasteiger partial charge is 0.262 e. The normalized spacial score (nSPS) is 17.6. The molecule has 7 heteroatoms. The number of hydrogen-bond donors (Lipinski definition) is 1. The lowest BCUT2D eigenvalue weighted by Crippen LogP contribution is -2.58. The Bertz CT molecular complexity index is 762.